The minimum Gasteiger partial charge on any atom is -0.485 e. The maximum Gasteiger partial charge on any atom is 0.255 e. The average molecular weight is 393 g/mol. The summed E-state index contributed by atoms with van der Waals surface area (Å²) in [6.45, 7) is 10.6. The Hall–Kier alpha value is -3.15. The fourth-order valence-electron chi connectivity index (χ4n) is 2.67. The van der Waals surface area contributed by atoms with E-state index in [0.717, 1.165) is 0 Å². The van der Waals surface area contributed by atoms with E-state index in [2.05, 4.69) is 36.2 Å². The Morgan fingerprint density at radius 3 is 2.28 bits per heavy atom. The average Bonchev–Trinajstić information content (AvgIpc) is 3.16. The van der Waals surface area contributed by atoms with Gasteiger partial charge in [0.2, 0.25) is 11.7 Å². The molecule has 0 aliphatic carbocycles. The zero-order chi connectivity index (χ0) is 21.0. The summed E-state index contributed by atoms with van der Waals surface area (Å²) in [5.74, 6) is 1.80. The molecule has 0 saturated heterocycles. The summed E-state index contributed by atoms with van der Waals surface area (Å²) in [7, 11) is 0. The van der Waals surface area contributed by atoms with Crippen molar-refractivity contribution in [3.63, 3.8) is 0 Å². The molecule has 0 saturated carbocycles. The van der Waals surface area contributed by atoms with Crippen molar-refractivity contribution in [1.82, 2.24) is 10.1 Å². The molecular weight excluding hydrogens is 366 g/mol. The first-order chi connectivity index (χ1) is 13.7. The molecule has 0 unspecified atom stereocenters. The summed E-state index contributed by atoms with van der Waals surface area (Å²) in [5.41, 5.74) is 2.57. The maximum atomic E-state index is 12.5. The van der Waals surface area contributed by atoms with E-state index in [9.17, 15) is 4.79 Å². The van der Waals surface area contributed by atoms with Gasteiger partial charge in [-0.25, -0.2) is 0 Å². The number of rotatable bonds is 6. The number of carbonyl (C=O) groups is 1. The van der Waals surface area contributed by atoms with Gasteiger partial charge in [-0.3, -0.25) is 4.79 Å². The first kappa shape index (κ1) is 20.6. The van der Waals surface area contributed by atoms with Gasteiger partial charge < -0.3 is 14.6 Å². The van der Waals surface area contributed by atoms with Crippen molar-refractivity contribution in [2.75, 3.05) is 5.32 Å². The van der Waals surface area contributed by atoms with Crippen LogP contribution in [0.2, 0.25) is 0 Å². The van der Waals surface area contributed by atoms with Gasteiger partial charge in [0.1, 0.15) is 5.75 Å². The molecule has 29 heavy (non-hydrogen) atoms. The monoisotopic (exact) mass is 393 g/mol. The van der Waals surface area contributed by atoms with Gasteiger partial charge in [0.05, 0.1) is 0 Å². The van der Waals surface area contributed by atoms with Gasteiger partial charge in [-0.05, 0) is 47.4 Å². The molecule has 2 aromatic carbocycles. The van der Waals surface area contributed by atoms with Gasteiger partial charge in [0.15, 0.2) is 6.61 Å². The summed E-state index contributed by atoms with van der Waals surface area (Å²) in [6, 6.07) is 14.9. The van der Waals surface area contributed by atoms with Crippen LogP contribution in [0.5, 0.6) is 5.75 Å². The predicted molar refractivity (Wildman–Crippen MR) is 112 cm³/mol. The lowest BCUT2D eigenvalue weighted by Gasteiger charge is -2.19. The van der Waals surface area contributed by atoms with Crippen LogP contribution in [0, 0.1) is 0 Å². The van der Waals surface area contributed by atoms with E-state index in [1.165, 1.54) is 5.56 Å². The summed E-state index contributed by atoms with van der Waals surface area (Å²) >= 11 is 0. The second-order valence-electron chi connectivity index (χ2n) is 8.30. The molecule has 3 aromatic rings. The van der Waals surface area contributed by atoms with Gasteiger partial charge in [0.25, 0.3) is 5.91 Å². The van der Waals surface area contributed by atoms with Gasteiger partial charge in [0, 0.05) is 17.2 Å². The van der Waals surface area contributed by atoms with Crippen LogP contribution in [-0.2, 0) is 12.0 Å². The first-order valence-electron chi connectivity index (χ1n) is 9.69. The third-order valence-corrected chi connectivity index (χ3v) is 4.47. The lowest BCUT2D eigenvalue weighted by Crippen LogP contribution is -2.14. The molecule has 1 heterocycles. The number of hydrogen-bond donors (Lipinski definition) is 1. The van der Waals surface area contributed by atoms with E-state index in [4.69, 9.17) is 9.26 Å². The van der Waals surface area contributed by atoms with E-state index in [1.807, 2.05) is 38.1 Å². The Kier molecular flexibility index (Phi) is 6.01. The van der Waals surface area contributed by atoms with Crippen LogP contribution in [0.25, 0.3) is 0 Å². The molecule has 6 nitrogen and oxygen atoms in total. The molecule has 0 spiro atoms. The van der Waals surface area contributed by atoms with Crippen LogP contribution in [0.4, 0.5) is 5.69 Å². The largest absolute Gasteiger partial charge is 0.485 e. The number of amides is 1. The number of carbonyl (C=O) groups excluding carboxylic acids is 1. The number of hydrogen-bond acceptors (Lipinski definition) is 5. The smallest absolute Gasteiger partial charge is 0.255 e. The van der Waals surface area contributed by atoms with Crippen molar-refractivity contribution in [2.24, 2.45) is 0 Å². The maximum absolute atomic E-state index is 12.5. The third-order valence-electron chi connectivity index (χ3n) is 4.47. The number of benzene rings is 2. The van der Waals surface area contributed by atoms with Gasteiger partial charge in [-0.15, -0.1) is 0 Å². The summed E-state index contributed by atoms with van der Waals surface area (Å²) in [5, 5.41) is 6.80. The van der Waals surface area contributed by atoms with Crippen molar-refractivity contribution < 1.29 is 14.1 Å². The summed E-state index contributed by atoms with van der Waals surface area (Å²) in [4.78, 5) is 16.7. The van der Waals surface area contributed by atoms with Crippen LogP contribution in [-0.4, -0.2) is 16.0 Å². The predicted octanol–water partition coefficient (Wildman–Crippen LogP) is 5.32. The minimum absolute atomic E-state index is 0.0582. The van der Waals surface area contributed by atoms with Crippen LogP contribution in [0.3, 0.4) is 0 Å². The SMILES string of the molecule is CC(C)c1nc(COc2ccc(NC(=O)c3ccc(C(C)(C)C)cc3)cc2)no1. The molecule has 0 atom stereocenters. The van der Waals surface area contributed by atoms with Crippen molar-refractivity contribution in [2.45, 2.75) is 52.6 Å². The molecule has 0 aliphatic rings. The standard InChI is InChI=1S/C23H27N3O3/c1-15(2)22-25-20(26-29-22)14-28-19-12-10-18(11-13-19)24-21(27)16-6-8-17(9-7-16)23(3,4)5/h6-13,15H,14H2,1-5H3,(H,24,27). The number of nitrogens with zero attached hydrogens (tertiary/aromatic N) is 2. The Labute approximate surface area is 171 Å². The van der Waals surface area contributed by atoms with Crippen LogP contribution >= 0.6 is 0 Å². The topological polar surface area (TPSA) is 77.2 Å². The van der Waals surface area contributed by atoms with Gasteiger partial charge in [-0.2, -0.15) is 4.98 Å². The van der Waals surface area contributed by atoms with E-state index in [-0.39, 0.29) is 23.8 Å². The van der Waals surface area contributed by atoms with Crippen molar-refractivity contribution in [1.29, 1.82) is 0 Å². The van der Waals surface area contributed by atoms with Gasteiger partial charge >= 0.3 is 0 Å². The number of anilines is 1. The molecule has 0 fully saturated rings. The molecule has 1 aromatic heterocycles. The fraction of sp³-hybridized carbons (Fsp3) is 0.348. The second kappa shape index (κ2) is 8.47. The van der Waals surface area contributed by atoms with Gasteiger partial charge in [-0.1, -0.05) is 51.9 Å². The van der Waals surface area contributed by atoms with Crippen molar-refractivity contribution >= 4 is 11.6 Å². The van der Waals surface area contributed by atoms with E-state index < -0.39 is 0 Å². The highest BCUT2D eigenvalue weighted by Gasteiger charge is 2.14. The van der Waals surface area contributed by atoms with Crippen molar-refractivity contribution in [3.05, 3.63) is 71.4 Å². The quantitative estimate of drug-likeness (QED) is 0.613. The minimum atomic E-state index is -0.146. The molecule has 0 bridgehead atoms. The van der Waals surface area contributed by atoms with E-state index in [0.29, 0.717) is 28.7 Å². The Morgan fingerprint density at radius 2 is 1.72 bits per heavy atom. The molecule has 6 heteroatoms. The highest BCUT2D eigenvalue weighted by Crippen LogP contribution is 2.23. The van der Waals surface area contributed by atoms with E-state index >= 15 is 0 Å². The normalized spacial score (nSPS) is 11.5. The molecule has 152 valence electrons. The lowest BCUT2D eigenvalue weighted by molar-refractivity contribution is 0.102. The summed E-state index contributed by atoms with van der Waals surface area (Å²) in [6.07, 6.45) is 0. The lowest BCUT2D eigenvalue weighted by atomic mass is 9.87. The highest BCUT2D eigenvalue weighted by molar-refractivity contribution is 6.04. The van der Waals surface area contributed by atoms with Crippen LogP contribution < -0.4 is 10.1 Å². The summed E-state index contributed by atoms with van der Waals surface area (Å²) < 4.78 is 10.8. The fourth-order valence-corrected chi connectivity index (χ4v) is 2.67. The Morgan fingerprint density at radius 1 is 1.07 bits per heavy atom. The van der Waals surface area contributed by atoms with Crippen molar-refractivity contribution in [3.8, 4) is 5.75 Å². The molecular formula is C23H27N3O3. The zero-order valence-electron chi connectivity index (χ0n) is 17.5. The van der Waals surface area contributed by atoms with Crippen LogP contribution in [0.1, 0.15) is 68.2 Å². The third kappa shape index (κ3) is 5.44. The molecule has 1 N–H and O–H groups in total. The van der Waals surface area contributed by atoms with E-state index in [1.54, 1.807) is 24.3 Å². The number of nitrogens with one attached hydrogen (secondary N) is 1. The highest BCUT2D eigenvalue weighted by atomic mass is 16.5. The zero-order valence-corrected chi connectivity index (χ0v) is 17.5. The van der Waals surface area contributed by atoms with Crippen LogP contribution in [0.15, 0.2) is 53.1 Å². The Bertz CT molecular complexity index is 952. The second-order valence-corrected chi connectivity index (χ2v) is 8.30. The molecule has 1 amide bonds. The molecule has 0 radical (unpaired) electrons. The molecule has 3 rings (SSSR count). The number of aromatic nitrogens is 2. The first-order valence-corrected chi connectivity index (χ1v) is 9.69. The number of ether oxygens (including phenoxy) is 1. The Balaban J connectivity index is 1.56. The molecule has 0 aliphatic heterocycles.